The van der Waals surface area contributed by atoms with Crippen LogP contribution in [0, 0.1) is 22.3 Å². The number of anilines is 1. The maximum atomic E-state index is 12.1. The molecule has 0 bridgehead atoms. The molecule has 0 heterocycles. The molecule has 19 heavy (non-hydrogen) atoms. The molecule has 1 amide bonds. The lowest BCUT2D eigenvalue weighted by atomic mass is 10.0. The molecule has 1 aliphatic carbocycles. The third kappa shape index (κ3) is 3.46. The summed E-state index contributed by atoms with van der Waals surface area (Å²) in [4.78, 5) is 23.0. The van der Waals surface area contributed by atoms with Gasteiger partial charge in [-0.1, -0.05) is 6.07 Å². The van der Waals surface area contributed by atoms with E-state index in [9.17, 15) is 9.59 Å². The van der Waals surface area contributed by atoms with Crippen molar-refractivity contribution in [3.63, 3.8) is 0 Å². The van der Waals surface area contributed by atoms with Crippen molar-refractivity contribution in [2.75, 3.05) is 5.32 Å². The van der Waals surface area contributed by atoms with Gasteiger partial charge in [0.25, 0.3) is 0 Å². The molecule has 0 spiro atoms. The topological polar surface area (TPSA) is 66.4 Å². The van der Waals surface area contributed by atoms with E-state index in [0.717, 1.165) is 9.26 Å². The number of carbonyl (C=O) groups is 2. The van der Waals surface area contributed by atoms with Crippen LogP contribution in [0.3, 0.4) is 0 Å². The molecule has 1 aliphatic rings. The zero-order valence-electron chi connectivity index (χ0n) is 10.6. The number of carboxylic acids is 1. The molecule has 102 valence electrons. The Labute approximate surface area is 125 Å². The highest BCUT2D eigenvalue weighted by atomic mass is 127. The van der Waals surface area contributed by atoms with E-state index in [2.05, 4.69) is 27.9 Å². The van der Waals surface area contributed by atoms with Gasteiger partial charge in [-0.05, 0) is 66.5 Å². The van der Waals surface area contributed by atoms with Crippen LogP contribution in [0.2, 0.25) is 0 Å². The van der Waals surface area contributed by atoms with Crippen molar-refractivity contribution in [2.24, 2.45) is 11.8 Å². The van der Waals surface area contributed by atoms with Crippen molar-refractivity contribution >= 4 is 40.2 Å². The van der Waals surface area contributed by atoms with E-state index in [4.69, 9.17) is 5.11 Å². The minimum absolute atomic E-state index is 0.0663. The summed E-state index contributed by atoms with van der Waals surface area (Å²) in [6.45, 7) is 2.02. The zero-order valence-corrected chi connectivity index (χ0v) is 12.8. The zero-order chi connectivity index (χ0) is 14.0. The van der Waals surface area contributed by atoms with Crippen molar-refractivity contribution in [1.29, 1.82) is 0 Å². The second-order valence-corrected chi connectivity index (χ2v) is 6.16. The van der Waals surface area contributed by atoms with E-state index in [1.54, 1.807) is 0 Å². The molecule has 0 aromatic heterocycles. The van der Waals surface area contributed by atoms with Gasteiger partial charge in [0.2, 0.25) is 5.91 Å². The SMILES string of the molecule is Cc1ccc(NC(=O)C2CCC(C(=O)O)C2)cc1I. The molecule has 2 unspecified atom stereocenters. The van der Waals surface area contributed by atoms with Crippen LogP contribution >= 0.6 is 22.6 Å². The van der Waals surface area contributed by atoms with Crippen LogP contribution in [-0.2, 0) is 9.59 Å². The molecule has 1 fully saturated rings. The van der Waals surface area contributed by atoms with E-state index in [0.29, 0.717) is 19.3 Å². The van der Waals surface area contributed by atoms with E-state index in [1.165, 1.54) is 5.56 Å². The predicted molar refractivity (Wildman–Crippen MR) is 81.0 cm³/mol. The van der Waals surface area contributed by atoms with Crippen molar-refractivity contribution in [1.82, 2.24) is 0 Å². The van der Waals surface area contributed by atoms with Gasteiger partial charge in [0.15, 0.2) is 0 Å². The molecule has 0 radical (unpaired) electrons. The van der Waals surface area contributed by atoms with Crippen LogP contribution in [0.25, 0.3) is 0 Å². The molecule has 0 aliphatic heterocycles. The second kappa shape index (κ2) is 5.90. The maximum absolute atomic E-state index is 12.1. The van der Waals surface area contributed by atoms with Crippen LogP contribution in [0.4, 0.5) is 5.69 Å². The van der Waals surface area contributed by atoms with E-state index in [-0.39, 0.29) is 17.7 Å². The van der Waals surface area contributed by atoms with Crippen LogP contribution < -0.4 is 5.32 Å². The lowest BCUT2D eigenvalue weighted by Gasteiger charge is -2.11. The van der Waals surface area contributed by atoms with Gasteiger partial charge >= 0.3 is 5.97 Å². The summed E-state index contributed by atoms with van der Waals surface area (Å²) in [6.07, 6.45) is 1.70. The van der Waals surface area contributed by atoms with Gasteiger partial charge in [0.1, 0.15) is 0 Å². The summed E-state index contributed by atoms with van der Waals surface area (Å²) in [5.41, 5.74) is 1.95. The van der Waals surface area contributed by atoms with Crippen molar-refractivity contribution in [3.8, 4) is 0 Å². The molecule has 2 N–H and O–H groups in total. The molecule has 5 heteroatoms. The molecular formula is C14H16INO3. The van der Waals surface area contributed by atoms with Gasteiger partial charge in [-0.15, -0.1) is 0 Å². The van der Waals surface area contributed by atoms with Crippen LogP contribution in [0.1, 0.15) is 24.8 Å². The Morgan fingerprint density at radius 3 is 2.58 bits per heavy atom. The number of aliphatic carboxylic acids is 1. The molecule has 2 atom stereocenters. The number of rotatable bonds is 3. The molecule has 1 saturated carbocycles. The third-order valence-electron chi connectivity index (χ3n) is 3.59. The Bertz CT molecular complexity index is 515. The highest BCUT2D eigenvalue weighted by Gasteiger charge is 2.33. The number of nitrogens with one attached hydrogen (secondary N) is 1. The van der Waals surface area contributed by atoms with Crippen LogP contribution in [-0.4, -0.2) is 17.0 Å². The number of amides is 1. The Kier molecular flexibility index (Phi) is 4.44. The summed E-state index contributed by atoms with van der Waals surface area (Å²) < 4.78 is 1.10. The molecule has 1 aromatic rings. The van der Waals surface area contributed by atoms with E-state index >= 15 is 0 Å². The first-order valence-corrected chi connectivity index (χ1v) is 7.35. The van der Waals surface area contributed by atoms with Crippen molar-refractivity contribution in [3.05, 3.63) is 27.3 Å². The first kappa shape index (κ1) is 14.3. The van der Waals surface area contributed by atoms with Gasteiger partial charge in [0.05, 0.1) is 5.92 Å². The number of carbonyl (C=O) groups excluding carboxylic acids is 1. The number of carboxylic acid groups (broad SMARTS) is 1. The summed E-state index contributed by atoms with van der Waals surface area (Å²) >= 11 is 2.23. The van der Waals surface area contributed by atoms with Gasteiger partial charge in [-0.2, -0.15) is 0 Å². The second-order valence-electron chi connectivity index (χ2n) is 5.00. The summed E-state index contributed by atoms with van der Waals surface area (Å²) in [7, 11) is 0. The summed E-state index contributed by atoms with van der Waals surface area (Å²) in [5, 5.41) is 11.8. The molecule has 1 aromatic carbocycles. The maximum Gasteiger partial charge on any atom is 0.306 e. The van der Waals surface area contributed by atoms with Gasteiger partial charge in [-0.25, -0.2) is 0 Å². The quantitative estimate of drug-likeness (QED) is 0.801. The molecule has 2 rings (SSSR count). The summed E-state index contributed by atoms with van der Waals surface area (Å²) in [5.74, 6) is -1.41. The summed E-state index contributed by atoms with van der Waals surface area (Å²) in [6, 6.07) is 5.77. The Balaban J connectivity index is 1.98. The normalized spacial score (nSPS) is 22.2. The smallest absolute Gasteiger partial charge is 0.306 e. The van der Waals surface area contributed by atoms with Crippen molar-refractivity contribution in [2.45, 2.75) is 26.2 Å². The van der Waals surface area contributed by atoms with Gasteiger partial charge < -0.3 is 10.4 Å². The number of hydrogen-bond acceptors (Lipinski definition) is 2. The third-order valence-corrected chi connectivity index (χ3v) is 4.75. The minimum atomic E-state index is -0.791. The highest BCUT2D eigenvalue weighted by Crippen LogP contribution is 2.32. The van der Waals surface area contributed by atoms with E-state index in [1.807, 2.05) is 25.1 Å². The fraction of sp³-hybridized carbons (Fsp3) is 0.429. The van der Waals surface area contributed by atoms with E-state index < -0.39 is 5.97 Å². The standard InChI is InChI=1S/C14H16INO3/c1-8-2-5-11(7-12(8)15)16-13(17)9-3-4-10(6-9)14(18)19/h2,5,7,9-10H,3-4,6H2,1H3,(H,16,17)(H,18,19). The number of benzene rings is 1. The van der Waals surface area contributed by atoms with Crippen LogP contribution in [0.5, 0.6) is 0 Å². The number of halogens is 1. The Morgan fingerprint density at radius 1 is 1.32 bits per heavy atom. The first-order chi connectivity index (χ1) is 8.97. The minimum Gasteiger partial charge on any atom is -0.481 e. The molecule has 0 saturated heterocycles. The Hall–Kier alpha value is -1.11. The lowest BCUT2D eigenvalue weighted by molar-refractivity contribution is -0.141. The molecular weight excluding hydrogens is 357 g/mol. The molecule has 4 nitrogen and oxygen atoms in total. The fourth-order valence-corrected chi connectivity index (χ4v) is 2.87. The average Bonchev–Trinajstić information content (AvgIpc) is 2.83. The first-order valence-electron chi connectivity index (χ1n) is 6.27. The predicted octanol–water partition coefficient (Wildman–Crippen LogP) is 3.04. The van der Waals surface area contributed by atoms with Crippen molar-refractivity contribution < 1.29 is 14.7 Å². The Morgan fingerprint density at radius 2 is 2.00 bits per heavy atom. The average molecular weight is 373 g/mol. The van der Waals surface area contributed by atoms with Gasteiger partial charge in [-0.3, -0.25) is 9.59 Å². The van der Waals surface area contributed by atoms with Gasteiger partial charge in [0, 0.05) is 15.2 Å². The highest BCUT2D eigenvalue weighted by molar-refractivity contribution is 14.1. The number of hydrogen-bond donors (Lipinski definition) is 2. The largest absolute Gasteiger partial charge is 0.481 e. The lowest BCUT2D eigenvalue weighted by Crippen LogP contribution is -2.21. The van der Waals surface area contributed by atoms with Crippen LogP contribution in [0.15, 0.2) is 18.2 Å². The number of aryl methyl sites for hydroxylation is 1. The fourth-order valence-electron chi connectivity index (χ4n) is 2.36. The monoisotopic (exact) mass is 373 g/mol.